The summed E-state index contributed by atoms with van der Waals surface area (Å²) in [4.78, 5) is 12.9. The van der Waals surface area contributed by atoms with Crippen LogP contribution in [0.15, 0.2) is 66.7 Å². The number of carbonyl (C=O) groups excluding carboxylic acids is 1. The quantitative estimate of drug-likeness (QED) is 0.461. The number of carbonyl (C=O) groups is 1. The van der Waals surface area contributed by atoms with Crippen LogP contribution in [-0.2, 0) is 11.0 Å². The largest absolute Gasteiger partial charge is 0.507 e. The molecule has 0 spiro atoms. The fraction of sp³-hybridized carbons (Fsp3) is 0.208. The molecule has 0 amide bonds. The summed E-state index contributed by atoms with van der Waals surface area (Å²) in [5, 5.41) is 11.3. The molecule has 0 bridgehead atoms. The van der Waals surface area contributed by atoms with Crippen molar-refractivity contribution in [3.8, 4) is 11.5 Å². The lowest BCUT2D eigenvalue weighted by Crippen LogP contribution is -2.44. The van der Waals surface area contributed by atoms with Crippen LogP contribution in [0.25, 0.3) is 0 Å². The molecule has 3 aromatic rings. The van der Waals surface area contributed by atoms with E-state index in [-0.39, 0.29) is 17.1 Å². The maximum absolute atomic E-state index is 12.9. The molecule has 1 N–H and O–H groups in total. The third kappa shape index (κ3) is 4.94. The molecule has 3 aromatic carbocycles. The summed E-state index contributed by atoms with van der Waals surface area (Å²) >= 11 is 0. The number of hydrogen-bond acceptors (Lipinski definition) is 4. The van der Waals surface area contributed by atoms with E-state index in [1.54, 1.807) is 43.5 Å². The number of aryl methyl sites for hydroxylation is 1. The zero-order valence-corrected chi connectivity index (χ0v) is 18.2. The van der Waals surface area contributed by atoms with E-state index >= 15 is 0 Å². The lowest BCUT2D eigenvalue weighted by Gasteiger charge is -2.24. The van der Waals surface area contributed by atoms with E-state index in [2.05, 4.69) is 44.3 Å². The zero-order chi connectivity index (χ0) is 21.0. The summed E-state index contributed by atoms with van der Waals surface area (Å²) in [6.45, 7) is 6.76. The monoisotopic (exact) mass is 406 g/mol. The summed E-state index contributed by atoms with van der Waals surface area (Å²) in [6, 6.07) is 20.3. The number of phenols is 1. The van der Waals surface area contributed by atoms with E-state index in [1.807, 2.05) is 6.07 Å². The second kappa shape index (κ2) is 8.63. The van der Waals surface area contributed by atoms with E-state index in [4.69, 9.17) is 9.16 Å². The van der Waals surface area contributed by atoms with Crippen LogP contribution in [0.3, 0.4) is 0 Å². The Morgan fingerprint density at radius 3 is 2.24 bits per heavy atom. The first-order valence-electron chi connectivity index (χ1n) is 9.52. The molecule has 3 rings (SSSR count). The molecule has 4 nitrogen and oxygen atoms in total. The fourth-order valence-electron chi connectivity index (χ4n) is 3.02. The molecule has 0 fully saturated rings. The number of phenolic OH excluding ortho intramolecular Hbond substituents is 1. The molecule has 0 unspecified atom stereocenters. The SMILES string of the molecule is COc1ccc(C(=O)c2cc([Si](C)(C)OCc3ccc(C)cc3)ccc2O)cc1. The van der Waals surface area contributed by atoms with Gasteiger partial charge in [0, 0.05) is 5.56 Å². The van der Waals surface area contributed by atoms with Gasteiger partial charge in [-0.05, 0) is 67.2 Å². The van der Waals surface area contributed by atoms with Gasteiger partial charge in [-0.1, -0.05) is 35.9 Å². The molecule has 0 heterocycles. The summed E-state index contributed by atoms with van der Waals surface area (Å²) in [7, 11) is -0.696. The average molecular weight is 407 g/mol. The number of aromatic hydroxyl groups is 1. The van der Waals surface area contributed by atoms with Crippen LogP contribution in [0.5, 0.6) is 11.5 Å². The van der Waals surface area contributed by atoms with Crippen molar-refractivity contribution in [3.05, 3.63) is 89.0 Å². The number of ketones is 1. The van der Waals surface area contributed by atoms with Crippen LogP contribution in [-0.4, -0.2) is 26.3 Å². The van der Waals surface area contributed by atoms with E-state index < -0.39 is 8.32 Å². The summed E-state index contributed by atoms with van der Waals surface area (Å²) in [6.07, 6.45) is 0. The van der Waals surface area contributed by atoms with Crippen molar-refractivity contribution in [3.63, 3.8) is 0 Å². The van der Waals surface area contributed by atoms with Gasteiger partial charge in [0.05, 0.1) is 19.3 Å². The highest BCUT2D eigenvalue weighted by Gasteiger charge is 2.27. The standard InChI is InChI=1S/C24H26O4Si/c1-17-5-7-18(8-6-17)16-28-29(3,4)21-13-14-23(25)22(15-21)24(26)19-9-11-20(27-2)12-10-19/h5-15,25H,16H2,1-4H3. The predicted molar refractivity (Wildman–Crippen MR) is 118 cm³/mol. The zero-order valence-electron chi connectivity index (χ0n) is 17.2. The maximum atomic E-state index is 12.9. The third-order valence-electron chi connectivity index (χ3n) is 5.01. The molecule has 0 radical (unpaired) electrons. The van der Waals surface area contributed by atoms with Gasteiger partial charge >= 0.3 is 0 Å². The lowest BCUT2D eigenvalue weighted by molar-refractivity contribution is 0.103. The molecule has 29 heavy (non-hydrogen) atoms. The Kier molecular flexibility index (Phi) is 6.20. The molecular weight excluding hydrogens is 380 g/mol. The lowest BCUT2D eigenvalue weighted by atomic mass is 10.0. The van der Waals surface area contributed by atoms with Crippen molar-refractivity contribution in [2.24, 2.45) is 0 Å². The summed E-state index contributed by atoms with van der Waals surface area (Å²) < 4.78 is 11.4. The molecule has 0 aromatic heterocycles. The highest BCUT2D eigenvalue weighted by molar-refractivity contribution is 6.84. The number of benzene rings is 3. The van der Waals surface area contributed by atoms with Crippen molar-refractivity contribution >= 4 is 19.3 Å². The molecule has 5 heteroatoms. The number of ether oxygens (including phenoxy) is 1. The van der Waals surface area contributed by atoms with Crippen LogP contribution < -0.4 is 9.92 Å². The Morgan fingerprint density at radius 1 is 0.966 bits per heavy atom. The second-order valence-electron chi connectivity index (χ2n) is 7.57. The van der Waals surface area contributed by atoms with Gasteiger partial charge in [-0.2, -0.15) is 0 Å². The van der Waals surface area contributed by atoms with Gasteiger partial charge in [0.1, 0.15) is 11.5 Å². The summed E-state index contributed by atoms with van der Waals surface area (Å²) in [5.41, 5.74) is 3.11. The Balaban J connectivity index is 1.82. The minimum absolute atomic E-state index is 0.0297. The molecule has 0 atom stereocenters. The first-order valence-corrected chi connectivity index (χ1v) is 12.4. The predicted octanol–water partition coefficient (Wildman–Crippen LogP) is 4.57. The van der Waals surface area contributed by atoms with Gasteiger partial charge in [-0.25, -0.2) is 0 Å². The van der Waals surface area contributed by atoms with Crippen LogP contribution in [0.2, 0.25) is 13.1 Å². The Morgan fingerprint density at radius 2 is 1.62 bits per heavy atom. The minimum atomic E-state index is -2.27. The highest BCUT2D eigenvalue weighted by atomic mass is 28.4. The topological polar surface area (TPSA) is 55.8 Å². The van der Waals surface area contributed by atoms with E-state index in [0.29, 0.717) is 17.9 Å². The van der Waals surface area contributed by atoms with Crippen LogP contribution in [0, 0.1) is 6.92 Å². The van der Waals surface area contributed by atoms with E-state index in [9.17, 15) is 9.90 Å². The van der Waals surface area contributed by atoms with Crippen molar-refractivity contribution in [2.75, 3.05) is 7.11 Å². The minimum Gasteiger partial charge on any atom is -0.507 e. The number of hydrogen-bond donors (Lipinski definition) is 1. The van der Waals surface area contributed by atoms with Gasteiger partial charge in [0.2, 0.25) is 8.32 Å². The Labute approximate surface area is 172 Å². The third-order valence-corrected chi connectivity index (χ3v) is 7.58. The molecule has 0 saturated heterocycles. The molecule has 0 aliphatic heterocycles. The molecule has 150 valence electrons. The second-order valence-corrected chi connectivity index (χ2v) is 11.5. The van der Waals surface area contributed by atoms with E-state index in [0.717, 1.165) is 10.8 Å². The summed E-state index contributed by atoms with van der Waals surface area (Å²) in [5.74, 6) is 0.422. The average Bonchev–Trinajstić information content (AvgIpc) is 2.73. The Hall–Kier alpha value is -2.89. The number of methoxy groups -OCH3 is 1. The molecular formula is C24H26O4Si. The van der Waals surface area contributed by atoms with Gasteiger partial charge in [0.25, 0.3) is 0 Å². The van der Waals surface area contributed by atoms with Crippen molar-refractivity contribution in [1.82, 2.24) is 0 Å². The normalized spacial score (nSPS) is 11.3. The molecule has 0 aliphatic rings. The van der Waals surface area contributed by atoms with Crippen LogP contribution in [0.1, 0.15) is 27.0 Å². The Bertz CT molecular complexity index is 992. The van der Waals surface area contributed by atoms with Gasteiger partial charge in [-0.3, -0.25) is 4.79 Å². The van der Waals surface area contributed by atoms with Crippen molar-refractivity contribution in [2.45, 2.75) is 26.6 Å². The number of rotatable bonds is 7. The van der Waals surface area contributed by atoms with Gasteiger partial charge in [-0.15, -0.1) is 0 Å². The van der Waals surface area contributed by atoms with Crippen LogP contribution >= 0.6 is 0 Å². The first-order chi connectivity index (χ1) is 13.8. The van der Waals surface area contributed by atoms with Crippen LogP contribution in [0.4, 0.5) is 0 Å². The highest BCUT2D eigenvalue weighted by Crippen LogP contribution is 2.22. The van der Waals surface area contributed by atoms with Crippen molar-refractivity contribution in [1.29, 1.82) is 0 Å². The van der Waals surface area contributed by atoms with Gasteiger partial charge < -0.3 is 14.3 Å². The molecule has 0 saturated carbocycles. The fourth-order valence-corrected chi connectivity index (χ4v) is 4.69. The maximum Gasteiger partial charge on any atom is 0.218 e. The van der Waals surface area contributed by atoms with Gasteiger partial charge in [0.15, 0.2) is 5.78 Å². The smallest absolute Gasteiger partial charge is 0.218 e. The molecule has 0 aliphatic carbocycles. The van der Waals surface area contributed by atoms with Crippen molar-refractivity contribution < 1.29 is 19.1 Å². The first kappa shape index (κ1) is 20.8. The van der Waals surface area contributed by atoms with E-state index in [1.165, 1.54) is 5.56 Å².